The zero-order chi connectivity index (χ0) is 15.6. The van der Waals surface area contributed by atoms with E-state index in [2.05, 4.69) is 4.72 Å². The number of nitrogens with two attached hydrogens (primary N) is 1. The Morgan fingerprint density at radius 3 is 2.30 bits per heavy atom. The Morgan fingerprint density at radius 2 is 1.75 bits per heavy atom. The first-order valence-corrected chi connectivity index (χ1v) is 9.61. The van der Waals surface area contributed by atoms with Crippen molar-refractivity contribution in [3.05, 3.63) is 23.3 Å². The van der Waals surface area contributed by atoms with Crippen molar-refractivity contribution >= 4 is 25.5 Å². The summed E-state index contributed by atoms with van der Waals surface area (Å²) in [6.45, 7) is 3.47. The third-order valence-corrected chi connectivity index (χ3v) is 5.44. The average molecular weight is 320 g/mol. The van der Waals surface area contributed by atoms with E-state index in [1.54, 1.807) is 26.0 Å². The van der Waals surface area contributed by atoms with Gasteiger partial charge in [-0.3, -0.25) is 0 Å². The molecule has 1 aromatic rings. The lowest BCUT2D eigenvalue weighted by Gasteiger charge is -2.12. The lowest BCUT2D eigenvalue weighted by atomic mass is 10.1. The first-order chi connectivity index (χ1) is 9.03. The highest BCUT2D eigenvalue weighted by molar-refractivity contribution is 7.90. The number of hydrogen-bond donors (Lipinski definition) is 2. The largest absolute Gasteiger partial charge is 0.398 e. The van der Waals surface area contributed by atoms with E-state index in [1.165, 1.54) is 0 Å². The highest BCUT2D eigenvalue weighted by atomic mass is 32.2. The fourth-order valence-corrected chi connectivity index (χ4v) is 3.85. The van der Waals surface area contributed by atoms with Gasteiger partial charge in [-0.05, 0) is 43.5 Å². The van der Waals surface area contributed by atoms with E-state index in [1.807, 2.05) is 0 Å². The summed E-state index contributed by atoms with van der Waals surface area (Å²) in [6, 6.07) is 3.25. The Morgan fingerprint density at radius 1 is 1.15 bits per heavy atom. The molecule has 6 nitrogen and oxygen atoms in total. The second-order valence-electron chi connectivity index (χ2n) is 4.86. The van der Waals surface area contributed by atoms with Crippen molar-refractivity contribution in [1.29, 1.82) is 0 Å². The van der Waals surface area contributed by atoms with Gasteiger partial charge in [0, 0.05) is 18.5 Å². The Kier molecular flexibility index (Phi) is 5.17. The van der Waals surface area contributed by atoms with Gasteiger partial charge in [0.25, 0.3) is 0 Å². The number of rotatable bonds is 6. The molecule has 0 saturated heterocycles. The van der Waals surface area contributed by atoms with Crippen LogP contribution < -0.4 is 10.5 Å². The molecule has 0 atom stereocenters. The molecule has 0 aromatic heterocycles. The van der Waals surface area contributed by atoms with Gasteiger partial charge in [0.1, 0.15) is 9.84 Å². The van der Waals surface area contributed by atoms with Crippen molar-refractivity contribution in [2.45, 2.75) is 25.2 Å². The maximum absolute atomic E-state index is 12.2. The smallest absolute Gasteiger partial charge is 0.240 e. The van der Waals surface area contributed by atoms with Crippen molar-refractivity contribution in [3.63, 3.8) is 0 Å². The Hall–Kier alpha value is -1.12. The first-order valence-electron chi connectivity index (χ1n) is 6.07. The van der Waals surface area contributed by atoms with E-state index in [0.29, 0.717) is 11.3 Å². The fourth-order valence-electron chi connectivity index (χ4n) is 1.75. The highest BCUT2D eigenvalue weighted by Crippen LogP contribution is 2.22. The standard InChI is InChI=1S/C12H20N2O4S2/c1-9-7-11(13)10(2)12(8-9)20(17,18)14-5-4-6-19(3,15)16/h7-8,14H,4-6,13H2,1-3H3. The van der Waals surface area contributed by atoms with E-state index >= 15 is 0 Å². The van der Waals surface area contributed by atoms with Crippen LogP contribution in [0.15, 0.2) is 17.0 Å². The van der Waals surface area contributed by atoms with Crippen LogP contribution in [0.1, 0.15) is 17.5 Å². The number of nitrogens with one attached hydrogen (secondary N) is 1. The molecule has 0 unspecified atom stereocenters. The van der Waals surface area contributed by atoms with Crippen LogP contribution in [0.5, 0.6) is 0 Å². The topological polar surface area (TPSA) is 106 Å². The number of anilines is 1. The van der Waals surface area contributed by atoms with Crippen LogP contribution in [0.4, 0.5) is 5.69 Å². The SMILES string of the molecule is Cc1cc(N)c(C)c(S(=O)(=O)NCCCS(C)(=O)=O)c1. The van der Waals surface area contributed by atoms with Crippen LogP contribution >= 0.6 is 0 Å². The van der Waals surface area contributed by atoms with Crippen LogP contribution in [-0.2, 0) is 19.9 Å². The zero-order valence-corrected chi connectivity index (χ0v) is 13.4. The molecule has 20 heavy (non-hydrogen) atoms. The van der Waals surface area contributed by atoms with Gasteiger partial charge in [-0.1, -0.05) is 0 Å². The van der Waals surface area contributed by atoms with E-state index in [4.69, 9.17) is 5.73 Å². The molecule has 0 heterocycles. The summed E-state index contributed by atoms with van der Waals surface area (Å²) in [5.41, 5.74) is 7.42. The molecule has 3 N–H and O–H groups in total. The van der Waals surface area contributed by atoms with E-state index in [0.717, 1.165) is 11.8 Å². The molecule has 1 rings (SSSR count). The van der Waals surface area contributed by atoms with Crippen LogP contribution in [-0.4, -0.2) is 35.4 Å². The molecule has 0 radical (unpaired) electrons. The molecule has 1 aromatic carbocycles. The lowest BCUT2D eigenvalue weighted by molar-refractivity contribution is 0.577. The van der Waals surface area contributed by atoms with Crippen LogP contribution in [0, 0.1) is 13.8 Å². The van der Waals surface area contributed by atoms with Gasteiger partial charge in [0.05, 0.1) is 10.6 Å². The molecule has 0 bridgehead atoms. The van der Waals surface area contributed by atoms with E-state index in [9.17, 15) is 16.8 Å². The summed E-state index contributed by atoms with van der Waals surface area (Å²) in [5.74, 6) is -0.0511. The molecular weight excluding hydrogens is 300 g/mol. The summed E-state index contributed by atoms with van der Waals surface area (Å²) < 4.78 is 48.7. The number of aryl methyl sites for hydroxylation is 1. The zero-order valence-electron chi connectivity index (χ0n) is 11.8. The highest BCUT2D eigenvalue weighted by Gasteiger charge is 2.18. The van der Waals surface area contributed by atoms with Crippen LogP contribution in [0.25, 0.3) is 0 Å². The van der Waals surface area contributed by atoms with Crippen molar-refractivity contribution < 1.29 is 16.8 Å². The number of hydrogen-bond acceptors (Lipinski definition) is 5. The molecule has 0 amide bonds. The van der Waals surface area contributed by atoms with Crippen molar-refractivity contribution in [2.75, 3.05) is 24.3 Å². The van der Waals surface area contributed by atoms with Gasteiger partial charge in [-0.2, -0.15) is 0 Å². The quantitative estimate of drug-likeness (QED) is 0.589. The monoisotopic (exact) mass is 320 g/mol. The summed E-state index contributed by atoms with van der Waals surface area (Å²) in [5, 5.41) is 0. The number of sulfonamides is 1. The fraction of sp³-hybridized carbons (Fsp3) is 0.500. The summed E-state index contributed by atoms with van der Waals surface area (Å²) >= 11 is 0. The molecule has 8 heteroatoms. The third-order valence-electron chi connectivity index (χ3n) is 2.82. The molecule has 0 saturated carbocycles. The van der Waals surface area contributed by atoms with Gasteiger partial charge in [0.15, 0.2) is 0 Å². The molecule has 0 aliphatic heterocycles. The average Bonchev–Trinajstić information content (AvgIpc) is 2.28. The minimum absolute atomic E-state index is 0.0511. The minimum Gasteiger partial charge on any atom is -0.398 e. The Balaban J connectivity index is 2.85. The number of sulfone groups is 1. The van der Waals surface area contributed by atoms with Crippen molar-refractivity contribution in [2.24, 2.45) is 0 Å². The second kappa shape index (κ2) is 6.11. The normalized spacial score (nSPS) is 12.6. The van der Waals surface area contributed by atoms with E-state index < -0.39 is 19.9 Å². The van der Waals surface area contributed by atoms with Crippen LogP contribution in [0.2, 0.25) is 0 Å². The van der Waals surface area contributed by atoms with Crippen molar-refractivity contribution in [1.82, 2.24) is 4.72 Å². The van der Waals surface area contributed by atoms with Crippen LogP contribution in [0.3, 0.4) is 0 Å². The summed E-state index contributed by atoms with van der Waals surface area (Å²) in [4.78, 5) is 0.134. The summed E-state index contributed by atoms with van der Waals surface area (Å²) in [6.07, 6.45) is 1.35. The van der Waals surface area contributed by atoms with Gasteiger partial charge < -0.3 is 5.73 Å². The van der Waals surface area contributed by atoms with Gasteiger partial charge >= 0.3 is 0 Å². The predicted molar refractivity (Wildman–Crippen MR) is 79.8 cm³/mol. The maximum atomic E-state index is 12.2. The van der Waals surface area contributed by atoms with Gasteiger partial charge in [-0.25, -0.2) is 21.6 Å². The van der Waals surface area contributed by atoms with E-state index in [-0.39, 0.29) is 23.6 Å². The Labute approximate surface area is 120 Å². The molecular formula is C12H20N2O4S2. The second-order valence-corrected chi connectivity index (χ2v) is 8.85. The predicted octanol–water partition coefficient (Wildman–Crippen LogP) is 0.599. The molecule has 0 aliphatic rings. The Bertz CT molecular complexity index is 694. The maximum Gasteiger partial charge on any atom is 0.240 e. The molecule has 114 valence electrons. The third kappa shape index (κ3) is 4.77. The number of nitrogen functional groups attached to an aromatic ring is 1. The lowest BCUT2D eigenvalue weighted by Crippen LogP contribution is -2.27. The minimum atomic E-state index is -3.68. The van der Waals surface area contributed by atoms with Crippen molar-refractivity contribution in [3.8, 4) is 0 Å². The molecule has 0 aliphatic carbocycles. The molecule has 0 fully saturated rings. The first kappa shape index (κ1) is 16.9. The number of benzene rings is 1. The van der Waals surface area contributed by atoms with Gasteiger partial charge in [-0.15, -0.1) is 0 Å². The molecule has 0 spiro atoms. The summed E-state index contributed by atoms with van der Waals surface area (Å²) in [7, 11) is -6.76. The van der Waals surface area contributed by atoms with Gasteiger partial charge in [0.2, 0.25) is 10.0 Å².